The van der Waals surface area contributed by atoms with E-state index in [1.165, 1.54) is 20.3 Å². The highest BCUT2D eigenvalue weighted by Gasteiger charge is 2.33. The first kappa shape index (κ1) is 13.4. The number of ketones is 1. The van der Waals surface area contributed by atoms with Crippen molar-refractivity contribution < 1.29 is 14.3 Å². The number of methoxy groups -OCH3 is 2. The van der Waals surface area contributed by atoms with Gasteiger partial charge in [-0.25, -0.2) is 0 Å². The van der Waals surface area contributed by atoms with Crippen LogP contribution in [-0.4, -0.2) is 23.8 Å². The van der Waals surface area contributed by atoms with E-state index in [9.17, 15) is 4.79 Å². The molecule has 0 fully saturated rings. The molecule has 0 aliphatic heterocycles. The predicted octanol–water partition coefficient (Wildman–Crippen LogP) is 3.26. The first-order chi connectivity index (χ1) is 7.40. The maximum absolute atomic E-state index is 11.8. The van der Waals surface area contributed by atoms with E-state index in [4.69, 9.17) is 44.3 Å². The Morgan fingerprint density at radius 2 is 1.81 bits per heavy atom. The SMILES string of the molecule is COc1ccc(OC)c(C(=O)C(Cl)(Cl)Cl)c1. The molecular formula is C10H9Cl3O3. The van der Waals surface area contributed by atoms with Crippen molar-refractivity contribution in [3.8, 4) is 11.5 Å². The van der Waals surface area contributed by atoms with Gasteiger partial charge < -0.3 is 9.47 Å². The zero-order chi connectivity index (χ0) is 12.3. The molecule has 0 heterocycles. The number of alkyl halides is 3. The smallest absolute Gasteiger partial charge is 0.253 e. The lowest BCUT2D eigenvalue weighted by molar-refractivity contribution is 0.0993. The second-order valence-corrected chi connectivity index (χ2v) is 5.17. The summed E-state index contributed by atoms with van der Waals surface area (Å²) in [7, 11) is 2.91. The van der Waals surface area contributed by atoms with Crippen molar-refractivity contribution in [1.29, 1.82) is 0 Å². The van der Waals surface area contributed by atoms with Gasteiger partial charge in [0, 0.05) is 0 Å². The highest BCUT2D eigenvalue weighted by atomic mass is 35.6. The lowest BCUT2D eigenvalue weighted by Crippen LogP contribution is -2.19. The molecule has 88 valence electrons. The van der Waals surface area contributed by atoms with Crippen LogP contribution in [0.5, 0.6) is 11.5 Å². The van der Waals surface area contributed by atoms with Crippen LogP contribution >= 0.6 is 34.8 Å². The van der Waals surface area contributed by atoms with E-state index in [0.717, 1.165) is 0 Å². The van der Waals surface area contributed by atoms with Gasteiger partial charge in [-0.15, -0.1) is 0 Å². The standard InChI is InChI=1S/C10H9Cl3O3/c1-15-6-3-4-8(16-2)7(5-6)9(14)10(11,12)13/h3-5H,1-2H3. The number of benzene rings is 1. The highest BCUT2D eigenvalue weighted by molar-refractivity contribution is 6.77. The molecule has 0 amide bonds. The van der Waals surface area contributed by atoms with Crippen LogP contribution in [0.2, 0.25) is 0 Å². The number of carbonyl (C=O) groups excluding carboxylic acids is 1. The van der Waals surface area contributed by atoms with Crippen LogP contribution in [0.1, 0.15) is 10.4 Å². The van der Waals surface area contributed by atoms with Crippen LogP contribution in [0.3, 0.4) is 0 Å². The van der Waals surface area contributed by atoms with Gasteiger partial charge in [-0.3, -0.25) is 4.79 Å². The summed E-state index contributed by atoms with van der Waals surface area (Å²) in [6.45, 7) is 0. The van der Waals surface area contributed by atoms with Crippen molar-refractivity contribution in [2.24, 2.45) is 0 Å². The monoisotopic (exact) mass is 282 g/mol. The molecule has 0 atom stereocenters. The summed E-state index contributed by atoms with van der Waals surface area (Å²) in [5.74, 6) is 0.156. The maximum Gasteiger partial charge on any atom is 0.253 e. The van der Waals surface area contributed by atoms with Crippen molar-refractivity contribution in [3.05, 3.63) is 23.8 Å². The molecule has 0 aliphatic carbocycles. The lowest BCUT2D eigenvalue weighted by atomic mass is 10.1. The van der Waals surface area contributed by atoms with E-state index < -0.39 is 9.58 Å². The third-order valence-electron chi connectivity index (χ3n) is 1.91. The number of ether oxygens (including phenoxy) is 2. The number of rotatable bonds is 3. The van der Waals surface area contributed by atoms with Crippen LogP contribution < -0.4 is 9.47 Å². The number of hydrogen-bond donors (Lipinski definition) is 0. The molecule has 0 aromatic heterocycles. The van der Waals surface area contributed by atoms with E-state index >= 15 is 0 Å². The lowest BCUT2D eigenvalue weighted by Gasteiger charge is -2.13. The molecular weight excluding hydrogens is 274 g/mol. The maximum atomic E-state index is 11.8. The molecule has 0 aliphatic rings. The van der Waals surface area contributed by atoms with Gasteiger partial charge in [-0.1, -0.05) is 34.8 Å². The van der Waals surface area contributed by atoms with E-state index in [0.29, 0.717) is 11.5 Å². The van der Waals surface area contributed by atoms with Gasteiger partial charge in [0.15, 0.2) is 0 Å². The Morgan fingerprint density at radius 3 is 2.25 bits per heavy atom. The normalized spacial score (nSPS) is 11.1. The fourth-order valence-electron chi connectivity index (χ4n) is 1.14. The Bertz CT molecular complexity index is 399. The summed E-state index contributed by atoms with van der Waals surface area (Å²) in [6.07, 6.45) is 0. The minimum absolute atomic E-state index is 0.168. The molecule has 0 bridgehead atoms. The minimum Gasteiger partial charge on any atom is -0.497 e. The van der Waals surface area contributed by atoms with E-state index in [1.54, 1.807) is 12.1 Å². The molecule has 0 saturated carbocycles. The molecule has 16 heavy (non-hydrogen) atoms. The summed E-state index contributed by atoms with van der Waals surface area (Å²) >= 11 is 16.6. The number of halogens is 3. The topological polar surface area (TPSA) is 35.5 Å². The first-order valence-corrected chi connectivity index (χ1v) is 5.37. The van der Waals surface area contributed by atoms with Crippen LogP contribution in [0.15, 0.2) is 18.2 Å². The highest BCUT2D eigenvalue weighted by Crippen LogP contribution is 2.35. The second kappa shape index (κ2) is 5.13. The van der Waals surface area contributed by atoms with Crippen molar-refractivity contribution in [1.82, 2.24) is 0 Å². The molecule has 3 nitrogen and oxygen atoms in total. The molecule has 1 rings (SSSR count). The van der Waals surface area contributed by atoms with E-state index in [1.807, 2.05) is 0 Å². The second-order valence-electron chi connectivity index (χ2n) is 2.89. The Kier molecular flexibility index (Phi) is 4.30. The average Bonchev–Trinajstić information content (AvgIpc) is 2.25. The zero-order valence-electron chi connectivity index (χ0n) is 8.59. The molecule has 6 heteroatoms. The van der Waals surface area contributed by atoms with Gasteiger partial charge >= 0.3 is 0 Å². The largest absolute Gasteiger partial charge is 0.497 e. The van der Waals surface area contributed by atoms with Gasteiger partial charge in [0.05, 0.1) is 19.8 Å². The van der Waals surface area contributed by atoms with Crippen molar-refractivity contribution in [3.63, 3.8) is 0 Å². The quantitative estimate of drug-likeness (QED) is 0.631. The average molecular weight is 284 g/mol. The summed E-state index contributed by atoms with van der Waals surface area (Å²) in [6, 6.07) is 4.68. The Labute approximate surface area is 108 Å². The zero-order valence-corrected chi connectivity index (χ0v) is 10.9. The van der Waals surface area contributed by atoms with Gasteiger partial charge in [0.2, 0.25) is 5.78 Å². The van der Waals surface area contributed by atoms with Crippen LogP contribution in [0.25, 0.3) is 0 Å². The fraction of sp³-hybridized carbons (Fsp3) is 0.300. The Hall–Kier alpha value is -0.640. The summed E-state index contributed by atoms with van der Waals surface area (Å²) in [5, 5.41) is 0. The molecule has 1 aromatic rings. The Balaban J connectivity index is 3.24. The van der Waals surface area contributed by atoms with Crippen LogP contribution in [-0.2, 0) is 0 Å². The summed E-state index contributed by atoms with van der Waals surface area (Å²) < 4.78 is 7.97. The van der Waals surface area contributed by atoms with Gasteiger partial charge in [0.1, 0.15) is 11.5 Å². The number of Topliss-reactive ketones (excluding diaryl/α,β-unsaturated/α-hetero) is 1. The van der Waals surface area contributed by atoms with Gasteiger partial charge in [-0.05, 0) is 18.2 Å². The first-order valence-electron chi connectivity index (χ1n) is 4.23. The fourth-order valence-corrected chi connectivity index (χ4v) is 1.45. The third-order valence-corrected chi connectivity index (χ3v) is 2.42. The summed E-state index contributed by atoms with van der Waals surface area (Å²) in [4.78, 5) is 11.8. The van der Waals surface area contributed by atoms with Crippen molar-refractivity contribution in [2.45, 2.75) is 3.79 Å². The molecule has 0 unspecified atom stereocenters. The van der Waals surface area contributed by atoms with Gasteiger partial charge in [0.25, 0.3) is 3.79 Å². The van der Waals surface area contributed by atoms with Crippen molar-refractivity contribution in [2.75, 3.05) is 14.2 Å². The molecule has 1 aromatic carbocycles. The number of hydrogen-bond acceptors (Lipinski definition) is 3. The van der Waals surface area contributed by atoms with Gasteiger partial charge in [-0.2, -0.15) is 0 Å². The molecule has 0 N–H and O–H groups in total. The third kappa shape index (κ3) is 2.94. The molecule has 0 saturated heterocycles. The van der Waals surface area contributed by atoms with Crippen LogP contribution in [0.4, 0.5) is 0 Å². The summed E-state index contributed by atoms with van der Waals surface area (Å²) in [5.41, 5.74) is 0.168. The predicted molar refractivity (Wildman–Crippen MR) is 64.2 cm³/mol. The molecule has 0 radical (unpaired) electrons. The van der Waals surface area contributed by atoms with E-state index in [-0.39, 0.29) is 5.56 Å². The van der Waals surface area contributed by atoms with Crippen LogP contribution in [0, 0.1) is 0 Å². The Morgan fingerprint density at radius 1 is 1.19 bits per heavy atom. The minimum atomic E-state index is -2.01. The van der Waals surface area contributed by atoms with E-state index in [2.05, 4.69) is 0 Å². The molecule has 0 spiro atoms. The van der Waals surface area contributed by atoms with Crippen molar-refractivity contribution >= 4 is 40.6 Å². The number of carbonyl (C=O) groups is 1.